The monoisotopic (exact) mass is 460 g/mol. The number of halogens is 2. The molecule has 0 radical (unpaired) electrons. The summed E-state index contributed by atoms with van der Waals surface area (Å²) in [5.74, 6) is -0.350. The summed E-state index contributed by atoms with van der Waals surface area (Å²) in [5.41, 5.74) is 1.73. The van der Waals surface area contributed by atoms with E-state index in [4.69, 9.17) is 0 Å². The van der Waals surface area contributed by atoms with Gasteiger partial charge in [0.2, 0.25) is 10.0 Å². The SMILES string of the molecule is CN(Cc1ccc(OC(F)F)cc1)C(=O)c1cccc(S(=O)(=O)NCc2ccccc2)c1. The van der Waals surface area contributed by atoms with Crippen molar-refractivity contribution in [3.8, 4) is 5.75 Å². The van der Waals surface area contributed by atoms with Crippen molar-refractivity contribution in [2.75, 3.05) is 7.05 Å². The largest absolute Gasteiger partial charge is 0.435 e. The molecule has 0 heterocycles. The van der Waals surface area contributed by atoms with Crippen molar-refractivity contribution in [1.29, 1.82) is 0 Å². The van der Waals surface area contributed by atoms with Crippen LogP contribution in [0.4, 0.5) is 8.78 Å². The highest BCUT2D eigenvalue weighted by Crippen LogP contribution is 2.18. The van der Waals surface area contributed by atoms with Gasteiger partial charge < -0.3 is 9.64 Å². The van der Waals surface area contributed by atoms with Crippen LogP contribution in [0.15, 0.2) is 83.8 Å². The molecule has 0 aliphatic rings. The predicted molar refractivity (Wildman–Crippen MR) is 116 cm³/mol. The van der Waals surface area contributed by atoms with Crippen LogP contribution < -0.4 is 9.46 Å². The van der Waals surface area contributed by atoms with Crippen molar-refractivity contribution < 1.29 is 26.7 Å². The first-order chi connectivity index (χ1) is 15.2. The standard InChI is InChI=1S/C23H22F2N2O4S/c1-27(16-18-10-12-20(13-11-18)31-23(24)25)22(28)19-8-5-9-21(14-19)32(29,30)26-15-17-6-3-2-4-7-17/h2-14,23,26H,15-16H2,1H3. The Labute approximate surface area is 185 Å². The number of nitrogens with one attached hydrogen (secondary N) is 1. The quantitative estimate of drug-likeness (QED) is 0.523. The van der Waals surface area contributed by atoms with Crippen LogP contribution in [-0.2, 0) is 23.1 Å². The van der Waals surface area contributed by atoms with Crippen LogP contribution in [0.1, 0.15) is 21.5 Å². The molecule has 168 valence electrons. The highest BCUT2D eigenvalue weighted by Gasteiger charge is 2.18. The number of sulfonamides is 1. The molecule has 1 amide bonds. The van der Waals surface area contributed by atoms with Gasteiger partial charge in [-0.1, -0.05) is 48.5 Å². The minimum atomic E-state index is -3.81. The first-order valence-electron chi connectivity index (χ1n) is 9.67. The van der Waals surface area contributed by atoms with E-state index in [0.717, 1.165) is 5.56 Å². The summed E-state index contributed by atoms with van der Waals surface area (Å²) in [6, 6.07) is 20.8. The van der Waals surface area contributed by atoms with Crippen LogP contribution >= 0.6 is 0 Å². The molecule has 6 nitrogen and oxygen atoms in total. The number of amides is 1. The molecular weight excluding hydrogens is 438 g/mol. The van der Waals surface area contributed by atoms with E-state index in [-0.39, 0.29) is 35.2 Å². The van der Waals surface area contributed by atoms with Crippen molar-refractivity contribution in [3.63, 3.8) is 0 Å². The van der Waals surface area contributed by atoms with Gasteiger partial charge in [0, 0.05) is 25.7 Å². The van der Waals surface area contributed by atoms with Crippen LogP contribution in [0.5, 0.6) is 5.75 Å². The molecule has 0 saturated carbocycles. The Morgan fingerprint density at radius 2 is 1.66 bits per heavy atom. The van der Waals surface area contributed by atoms with E-state index in [1.165, 1.54) is 41.3 Å². The number of ether oxygens (including phenoxy) is 1. The maximum Gasteiger partial charge on any atom is 0.387 e. The Bertz CT molecular complexity index is 1150. The second-order valence-corrected chi connectivity index (χ2v) is 8.79. The zero-order valence-electron chi connectivity index (χ0n) is 17.2. The van der Waals surface area contributed by atoms with Gasteiger partial charge >= 0.3 is 6.61 Å². The van der Waals surface area contributed by atoms with Gasteiger partial charge in [0.25, 0.3) is 5.91 Å². The van der Waals surface area contributed by atoms with Crippen LogP contribution in [0, 0.1) is 0 Å². The summed E-state index contributed by atoms with van der Waals surface area (Å²) in [6.07, 6.45) is 0. The van der Waals surface area contributed by atoms with Gasteiger partial charge in [0.05, 0.1) is 4.90 Å². The van der Waals surface area contributed by atoms with Crippen LogP contribution in [0.3, 0.4) is 0 Å². The van der Waals surface area contributed by atoms with Crippen molar-refractivity contribution in [2.45, 2.75) is 24.6 Å². The molecule has 0 spiro atoms. The van der Waals surface area contributed by atoms with Gasteiger partial charge in [-0.2, -0.15) is 8.78 Å². The molecular formula is C23H22F2N2O4S. The Hall–Kier alpha value is -3.30. The lowest BCUT2D eigenvalue weighted by Crippen LogP contribution is -2.27. The number of hydrogen-bond donors (Lipinski definition) is 1. The maximum atomic E-state index is 12.8. The molecule has 32 heavy (non-hydrogen) atoms. The molecule has 0 aromatic heterocycles. The molecule has 3 aromatic carbocycles. The number of nitrogens with zero attached hydrogens (tertiary/aromatic N) is 1. The minimum absolute atomic E-state index is 0.0128. The maximum absolute atomic E-state index is 12.8. The van der Waals surface area contributed by atoms with E-state index in [1.807, 2.05) is 30.3 Å². The molecule has 0 aliphatic carbocycles. The van der Waals surface area contributed by atoms with E-state index in [0.29, 0.717) is 5.56 Å². The summed E-state index contributed by atoms with van der Waals surface area (Å²) in [7, 11) is -2.24. The van der Waals surface area contributed by atoms with Crippen LogP contribution in [-0.4, -0.2) is 32.9 Å². The van der Waals surface area contributed by atoms with Crippen molar-refractivity contribution in [3.05, 3.63) is 95.6 Å². The van der Waals surface area contributed by atoms with Crippen molar-refractivity contribution >= 4 is 15.9 Å². The Kier molecular flexibility index (Phi) is 7.55. The molecule has 3 rings (SSSR count). The molecule has 1 N–H and O–H groups in total. The first kappa shape index (κ1) is 23.4. The second kappa shape index (κ2) is 10.3. The average Bonchev–Trinajstić information content (AvgIpc) is 2.79. The van der Waals surface area contributed by atoms with Gasteiger partial charge in [0.1, 0.15) is 5.75 Å². The number of rotatable bonds is 9. The number of alkyl halides is 2. The van der Waals surface area contributed by atoms with Gasteiger partial charge in [-0.3, -0.25) is 4.79 Å². The number of carbonyl (C=O) groups is 1. The number of carbonyl (C=O) groups excluding carboxylic acids is 1. The highest BCUT2D eigenvalue weighted by molar-refractivity contribution is 7.89. The van der Waals surface area contributed by atoms with Gasteiger partial charge in [0.15, 0.2) is 0 Å². The summed E-state index contributed by atoms with van der Waals surface area (Å²) in [6.45, 7) is -2.57. The fraction of sp³-hybridized carbons (Fsp3) is 0.174. The van der Waals surface area contributed by atoms with Crippen LogP contribution in [0.25, 0.3) is 0 Å². The lowest BCUT2D eigenvalue weighted by molar-refractivity contribution is -0.0498. The summed E-state index contributed by atoms with van der Waals surface area (Å²) >= 11 is 0. The lowest BCUT2D eigenvalue weighted by Gasteiger charge is -2.18. The molecule has 9 heteroatoms. The topological polar surface area (TPSA) is 75.7 Å². The Balaban J connectivity index is 1.67. The third-order valence-electron chi connectivity index (χ3n) is 4.62. The van der Waals surface area contributed by atoms with Gasteiger partial charge in [-0.15, -0.1) is 0 Å². The van der Waals surface area contributed by atoms with Gasteiger partial charge in [-0.05, 0) is 41.5 Å². The third kappa shape index (κ3) is 6.35. The first-order valence-corrected chi connectivity index (χ1v) is 11.2. The van der Waals surface area contributed by atoms with E-state index >= 15 is 0 Å². The predicted octanol–water partition coefficient (Wildman–Crippen LogP) is 4.04. The molecule has 0 bridgehead atoms. The average molecular weight is 461 g/mol. The zero-order chi connectivity index (χ0) is 23.1. The smallest absolute Gasteiger partial charge is 0.387 e. The summed E-state index contributed by atoms with van der Waals surface area (Å²) in [5, 5.41) is 0. The van der Waals surface area contributed by atoms with E-state index in [1.54, 1.807) is 19.2 Å². The normalized spacial score (nSPS) is 11.4. The summed E-state index contributed by atoms with van der Waals surface area (Å²) < 4.78 is 56.6. The molecule has 0 saturated heterocycles. The minimum Gasteiger partial charge on any atom is -0.435 e. The highest BCUT2D eigenvalue weighted by atomic mass is 32.2. The van der Waals surface area contributed by atoms with E-state index < -0.39 is 16.6 Å². The van der Waals surface area contributed by atoms with Crippen molar-refractivity contribution in [1.82, 2.24) is 9.62 Å². The molecule has 0 aliphatic heterocycles. The summed E-state index contributed by atoms with van der Waals surface area (Å²) in [4.78, 5) is 14.2. The molecule has 3 aromatic rings. The lowest BCUT2D eigenvalue weighted by atomic mass is 10.1. The zero-order valence-corrected chi connectivity index (χ0v) is 18.1. The van der Waals surface area contributed by atoms with Crippen molar-refractivity contribution in [2.24, 2.45) is 0 Å². The fourth-order valence-electron chi connectivity index (χ4n) is 3.00. The van der Waals surface area contributed by atoms with Crippen LogP contribution in [0.2, 0.25) is 0 Å². The number of benzene rings is 3. The fourth-order valence-corrected chi connectivity index (χ4v) is 4.06. The van der Waals surface area contributed by atoms with E-state index in [2.05, 4.69) is 9.46 Å². The molecule has 0 atom stereocenters. The second-order valence-electron chi connectivity index (χ2n) is 7.02. The Morgan fingerprint density at radius 1 is 0.969 bits per heavy atom. The molecule has 0 fully saturated rings. The molecule has 0 unspecified atom stereocenters. The van der Waals surface area contributed by atoms with E-state index in [9.17, 15) is 22.0 Å². The van der Waals surface area contributed by atoms with Gasteiger partial charge in [-0.25, -0.2) is 13.1 Å². The third-order valence-corrected chi connectivity index (χ3v) is 6.01. The number of hydrogen-bond acceptors (Lipinski definition) is 4. The Morgan fingerprint density at radius 3 is 2.31 bits per heavy atom.